The molecule has 0 spiro atoms. The Morgan fingerprint density at radius 1 is 0.292 bits per heavy atom. The third-order valence-electron chi connectivity index (χ3n) is 22.2. The Morgan fingerprint density at radius 3 is 1.10 bits per heavy atom. The number of benzene rings is 14. The summed E-state index contributed by atoms with van der Waals surface area (Å²) in [5, 5.41) is 11.2. The Morgan fingerprint density at radius 2 is 0.637 bits per heavy atom. The summed E-state index contributed by atoms with van der Waals surface area (Å²) in [5.74, 6) is 1.32. The minimum Gasteiger partial charge on any atom is -0.456 e. The number of furan rings is 4. The van der Waals surface area contributed by atoms with E-state index in [0.717, 1.165) is 160 Å². The number of hydrogen-bond donors (Lipinski definition) is 0. The van der Waals surface area contributed by atoms with Crippen LogP contribution in [0.1, 0.15) is 27.7 Å². The fraction of sp³-hybridized carbons (Fsp3) is 0.0612. The fourth-order valence-electron chi connectivity index (χ4n) is 16.1. The summed E-state index contributed by atoms with van der Waals surface area (Å²) in [6.45, 7) is 8.33. The van der Waals surface area contributed by atoms with Gasteiger partial charge in [0.05, 0.1) is 33.3 Å². The monoisotopic (exact) mass is 1520 g/mol. The molecule has 0 amide bonds. The molecule has 3 radical (unpaired) electrons. The van der Waals surface area contributed by atoms with E-state index in [2.05, 4.69) is 241 Å². The highest BCUT2D eigenvalue weighted by Gasteiger charge is 2.53. The number of fused-ring (bicyclic) bond motifs is 18. The largest absolute Gasteiger partial charge is 0.498 e. The highest BCUT2D eigenvalue weighted by molar-refractivity contribution is 9.10. The van der Waals surface area contributed by atoms with Crippen molar-refractivity contribution >= 4 is 169 Å². The lowest BCUT2D eigenvalue weighted by Gasteiger charge is -2.32. The summed E-state index contributed by atoms with van der Waals surface area (Å²) in [6.07, 6.45) is 0. The summed E-state index contributed by atoms with van der Waals surface area (Å²) in [6, 6.07) is 113. The molecule has 0 aliphatic carbocycles. The van der Waals surface area contributed by atoms with Gasteiger partial charge >= 0.3 is 7.12 Å². The second-order valence-electron chi connectivity index (χ2n) is 29.5. The third kappa shape index (κ3) is 11.6. The van der Waals surface area contributed by atoms with E-state index in [9.17, 15) is 0 Å². The smallest absolute Gasteiger partial charge is 0.456 e. The van der Waals surface area contributed by atoms with Crippen molar-refractivity contribution in [2.45, 2.75) is 38.9 Å². The lowest BCUT2D eigenvalue weighted by atomic mass is 9.77. The van der Waals surface area contributed by atoms with E-state index >= 15 is 0 Å². The summed E-state index contributed by atoms with van der Waals surface area (Å²) in [5.41, 5.74) is 22.3. The van der Waals surface area contributed by atoms with E-state index in [1.165, 1.54) is 32.6 Å². The van der Waals surface area contributed by atoms with E-state index in [1.54, 1.807) is 0 Å². The van der Waals surface area contributed by atoms with Gasteiger partial charge in [-0.3, -0.25) is 0 Å². The molecule has 23 rings (SSSR count). The van der Waals surface area contributed by atoms with Crippen LogP contribution in [0.4, 0.5) is 0 Å². The molecule has 9 heterocycles. The molecule has 22 aromatic rings. The normalized spacial score (nSPS) is 13.3. The predicted octanol–water partition coefficient (Wildman–Crippen LogP) is 25.4. The molecule has 0 unspecified atom stereocenters. The maximum Gasteiger partial charge on any atom is 0.498 e. The Balaban J connectivity index is 0.000000117. The number of aromatic nitrogens is 6. The van der Waals surface area contributed by atoms with Crippen molar-refractivity contribution in [2.75, 3.05) is 0 Å². The van der Waals surface area contributed by atoms with Crippen molar-refractivity contribution in [1.82, 2.24) is 29.1 Å². The Kier molecular flexibility index (Phi) is 16.6. The van der Waals surface area contributed by atoms with Crippen LogP contribution < -0.4 is 5.46 Å². The minimum absolute atomic E-state index is 0. The molecule has 0 bridgehead atoms. The molecular formula is C98H66B2BrN6O6. The van der Waals surface area contributed by atoms with Gasteiger partial charge in [-0.25, -0.2) is 19.9 Å². The van der Waals surface area contributed by atoms with Crippen LogP contribution in [0, 0.1) is 0 Å². The first kappa shape index (κ1) is 68.8. The van der Waals surface area contributed by atoms with Gasteiger partial charge < -0.3 is 36.1 Å². The van der Waals surface area contributed by atoms with Gasteiger partial charge in [-0.1, -0.05) is 240 Å². The van der Waals surface area contributed by atoms with Gasteiger partial charge in [0.2, 0.25) is 0 Å². The van der Waals surface area contributed by atoms with E-state index in [0.29, 0.717) is 17.2 Å². The maximum absolute atomic E-state index is 6.65. The molecule has 15 heteroatoms. The van der Waals surface area contributed by atoms with Crippen LogP contribution in [0.25, 0.3) is 199 Å². The topological polar surface area (TPSA) is 132 Å². The van der Waals surface area contributed by atoms with Crippen LogP contribution in [0.5, 0.6) is 0 Å². The molecule has 0 atom stereocenters. The molecule has 8 aromatic heterocycles. The number of nitrogens with zero attached hydrogens (tertiary/aromatic N) is 6. The first-order valence-electron chi connectivity index (χ1n) is 37.5. The first-order valence-corrected chi connectivity index (χ1v) is 38.3. The zero-order chi connectivity index (χ0) is 74.9. The van der Waals surface area contributed by atoms with Crippen molar-refractivity contribution in [2.24, 2.45) is 0 Å². The molecule has 1 saturated heterocycles. The zero-order valence-electron chi connectivity index (χ0n) is 61.8. The number of hydrogen-bond acceptors (Lipinski definition) is 10. The van der Waals surface area contributed by atoms with Gasteiger partial charge in [0.15, 0.2) is 22.8 Å². The van der Waals surface area contributed by atoms with E-state index in [1.807, 2.05) is 140 Å². The van der Waals surface area contributed by atoms with Crippen LogP contribution >= 0.6 is 15.9 Å². The number of rotatable bonds is 8. The number of para-hydroxylation sites is 8. The third-order valence-corrected chi connectivity index (χ3v) is 22.7. The van der Waals surface area contributed by atoms with Crippen molar-refractivity contribution in [1.29, 1.82) is 0 Å². The van der Waals surface area contributed by atoms with Gasteiger partial charge in [-0.2, -0.15) is 0 Å². The fourth-order valence-corrected chi connectivity index (χ4v) is 16.5. The van der Waals surface area contributed by atoms with Gasteiger partial charge in [-0.15, -0.1) is 0 Å². The highest BCUT2D eigenvalue weighted by Crippen LogP contribution is 2.45. The molecule has 0 saturated carbocycles. The Labute approximate surface area is 659 Å². The molecule has 1 aliphatic rings. The van der Waals surface area contributed by atoms with Gasteiger partial charge in [-0.05, 0) is 136 Å². The minimum atomic E-state index is -0.531. The van der Waals surface area contributed by atoms with Crippen LogP contribution in [-0.2, 0) is 9.31 Å². The standard InChI is InChI=1S/C46H27N3O2.C30H26BNO3.C22H13BrN2O.B/c1-2-13-28(14-3-1)42-45-43(35-20-7-11-24-41(35)51-45)48-46(47-42)30-16-12-15-29(25-30)36-26-31(27-37-34-19-6-10-23-40(34)50-44(36)37)49-38-21-8-4-17-32(38)33-18-5-9-22-39(33)49;1-29(2)30(3,4)35-31(34-29)24-18-19(17-23-22-13-7-10-16-27(22)33-28(23)24)32-25-14-8-5-11-20(25)21-12-6-9-15-26(21)32;23-16-10-6-9-15(13-16)22-24-19(14-7-2-1-3-8-14)21-20(25-22)17-11-4-5-12-18(17)26-21;/h1-27H;5-18H,1-4H3;1-13H;. The lowest BCUT2D eigenvalue weighted by Crippen LogP contribution is -2.41. The Bertz CT molecular complexity index is 7400. The Hall–Kier alpha value is -13.4. The van der Waals surface area contributed by atoms with E-state index < -0.39 is 18.3 Å². The predicted molar refractivity (Wildman–Crippen MR) is 465 cm³/mol. The second kappa shape index (κ2) is 27.2. The lowest BCUT2D eigenvalue weighted by molar-refractivity contribution is 0.00578. The molecule has 113 heavy (non-hydrogen) atoms. The SMILES string of the molecule is Brc1cccc(-c2nc(-c3ccccc3)c3oc4ccccc4c3n2)c1.CC1(C)OB(c2cc(-n3c4ccccc4c4ccccc43)cc3c2oc2ccccc23)OC1(C)C.[B].c1ccc(-c2nc(-c3cccc(-c4cc(-n5c6ccccc6c6ccccc65)cc5c4oc4ccccc45)c3)nc3c2oc2ccccc23)cc1. The van der Waals surface area contributed by atoms with Crippen molar-refractivity contribution in [3.8, 4) is 67.8 Å². The van der Waals surface area contributed by atoms with E-state index in [-0.39, 0.29) is 8.41 Å². The molecule has 0 N–H and O–H groups in total. The quantitative estimate of drug-likeness (QED) is 0.135. The van der Waals surface area contributed by atoms with Crippen molar-refractivity contribution in [3.05, 3.63) is 332 Å². The summed E-state index contributed by atoms with van der Waals surface area (Å²) in [7, 11) is -0.531. The molecule has 1 aliphatic heterocycles. The van der Waals surface area contributed by atoms with Gasteiger partial charge in [0.1, 0.15) is 55.9 Å². The van der Waals surface area contributed by atoms with Crippen LogP contribution in [0.15, 0.2) is 350 Å². The molecule has 1 fully saturated rings. The number of halogens is 1. The van der Waals surface area contributed by atoms with Gasteiger partial charge in [0.25, 0.3) is 0 Å². The molecular weight excluding hydrogens is 1460 g/mol. The molecule has 12 nitrogen and oxygen atoms in total. The van der Waals surface area contributed by atoms with Gasteiger partial charge in [0, 0.05) is 111 Å². The van der Waals surface area contributed by atoms with E-state index in [4.69, 9.17) is 46.9 Å². The van der Waals surface area contributed by atoms with Crippen molar-refractivity contribution < 1.29 is 27.0 Å². The molecule has 537 valence electrons. The summed E-state index contributed by atoms with van der Waals surface area (Å²) in [4.78, 5) is 20.0. The average Bonchev–Trinajstić information content (AvgIpc) is 1.64. The van der Waals surface area contributed by atoms with Crippen LogP contribution in [0.3, 0.4) is 0 Å². The van der Waals surface area contributed by atoms with Crippen LogP contribution in [0.2, 0.25) is 0 Å². The average molecular weight is 1530 g/mol. The maximum atomic E-state index is 6.65. The summed E-state index contributed by atoms with van der Waals surface area (Å²) >= 11 is 3.53. The van der Waals surface area contributed by atoms with Crippen molar-refractivity contribution in [3.63, 3.8) is 0 Å². The second-order valence-corrected chi connectivity index (χ2v) is 30.4. The van der Waals surface area contributed by atoms with Crippen LogP contribution in [-0.4, -0.2) is 55.8 Å². The highest BCUT2D eigenvalue weighted by atomic mass is 79.9. The molecule has 14 aromatic carbocycles. The summed E-state index contributed by atoms with van der Waals surface area (Å²) < 4.78 is 44.3. The zero-order valence-corrected chi connectivity index (χ0v) is 63.4. The first-order chi connectivity index (χ1) is 54.9.